The fourth-order valence-electron chi connectivity index (χ4n) is 2.86. The Labute approximate surface area is 176 Å². The van der Waals surface area contributed by atoms with E-state index in [2.05, 4.69) is 20.6 Å². The van der Waals surface area contributed by atoms with Gasteiger partial charge in [0.2, 0.25) is 5.13 Å². The number of nitrogens with one attached hydrogen (secondary N) is 1. The summed E-state index contributed by atoms with van der Waals surface area (Å²) in [6.45, 7) is 1.97. The number of anilines is 1. The minimum Gasteiger partial charge on any atom is -0.497 e. The van der Waals surface area contributed by atoms with Crippen LogP contribution in [0.15, 0.2) is 54.7 Å². The van der Waals surface area contributed by atoms with Crippen LogP contribution in [-0.4, -0.2) is 33.0 Å². The van der Waals surface area contributed by atoms with E-state index in [0.717, 1.165) is 11.4 Å². The Balaban J connectivity index is 1.76. The van der Waals surface area contributed by atoms with Gasteiger partial charge >= 0.3 is 0 Å². The van der Waals surface area contributed by atoms with Crippen molar-refractivity contribution in [3.05, 3.63) is 71.1 Å². The highest BCUT2D eigenvalue weighted by atomic mass is 32.1. The van der Waals surface area contributed by atoms with Crippen LogP contribution in [0.2, 0.25) is 0 Å². The van der Waals surface area contributed by atoms with Gasteiger partial charge in [-0.15, -0.1) is 10.2 Å². The summed E-state index contributed by atoms with van der Waals surface area (Å²) < 4.78 is 20.2. The van der Waals surface area contributed by atoms with Crippen molar-refractivity contribution < 1.29 is 13.9 Å². The summed E-state index contributed by atoms with van der Waals surface area (Å²) >= 11 is 1.33. The molecule has 1 N–H and O–H groups in total. The summed E-state index contributed by atoms with van der Waals surface area (Å²) in [5.41, 5.74) is 2.16. The van der Waals surface area contributed by atoms with E-state index in [1.54, 1.807) is 36.2 Å². The number of methoxy groups -OCH3 is 1. The Bertz CT molecular complexity index is 1190. The number of carbonyl (C=O) groups is 1. The second kappa shape index (κ2) is 8.42. The smallest absolute Gasteiger partial charge is 0.261 e. The zero-order valence-electron chi connectivity index (χ0n) is 16.3. The monoisotopic (exact) mass is 423 g/mol. The van der Waals surface area contributed by atoms with Crippen LogP contribution in [0.3, 0.4) is 0 Å². The van der Waals surface area contributed by atoms with Crippen molar-refractivity contribution in [2.75, 3.05) is 12.4 Å². The van der Waals surface area contributed by atoms with E-state index in [1.165, 1.54) is 23.5 Å². The molecule has 7 nitrogen and oxygen atoms in total. The van der Waals surface area contributed by atoms with E-state index in [0.29, 0.717) is 33.4 Å². The lowest BCUT2D eigenvalue weighted by Crippen LogP contribution is -2.12. The molecule has 0 bridgehead atoms. The third kappa shape index (κ3) is 4.06. The molecule has 4 aromatic rings. The van der Waals surface area contributed by atoms with Gasteiger partial charge < -0.3 is 4.74 Å². The molecular formula is C21H18FN5O2S. The maximum absolute atomic E-state index is 13.3. The number of aryl methyl sites for hydroxylation is 1. The van der Waals surface area contributed by atoms with Gasteiger partial charge in [0.1, 0.15) is 22.3 Å². The van der Waals surface area contributed by atoms with Gasteiger partial charge in [-0.05, 0) is 42.8 Å². The third-order valence-electron chi connectivity index (χ3n) is 4.38. The molecule has 9 heteroatoms. The Morgan fingerprint density at radius 3 is 2.70 bits per heavy atom. The first-order chi connectivity index (χ1) is 14.6. The highest BCUT2D eigenvalue weighted by Gasteiger charge is 2.20. The highest BCUT2D eigenvalue weighted by molar-refractivity contribution is 7.15. The predicted molar refractivity (Wildman–Crippen MR) is 113 cm³/mol. The van der Waals surface area contributed by atoms with Crippen molar-refractivity contribution in [3.8, 4) is 22.7 Å². The number of amides is 1. The van der Waals surface area contributed by atoms with Gasteiger partial charge in [0.15, 0.2) is 0 Å². The van der Waals surface area contributed by atoms with Gasteiger partial charge in [0.25, 0.3) is 5.91 Å². The number of aromatic nitrogens is 4. The van der Waals surface area contributed by atoms with Crippen molar-refractivity contribution in [1.82, 2.24) is 20.0 Å². The molecule has 0 aliphatic heterocycles. The molecule has 4 rings (SSSR count). The average Bonchev–Trinajstić information content (AvgIpc) is 3.41. The third-order valence-corrected chi connectivity index (χ3v) is 5.37. The lowest BCUT2D eigenvalue weighted by atomic mass is 10.1. The Kier molecular flexibility index (Phi) is 5.53. The molecule has 0 fully saturated rings. The first kappa shape index (κ1) is 19.7. The van der Waals surface area contributed by atoms with Crippen molar-refractivity contribution in [2.24, 2.45) is 0 Å². The molecule has 0 spiro atoms. The summed E-state index contributed by atoms with van der Waals surface area (Å²) in [4.78, 5) is 13.0. The van der Waals surface area contributed by atoms with E-state index in [4.69, 9.17) is 4.74 Å². The number of hydrogen-bond acceptors (Lipinski definition) is 6. The normalized spacial score (nSPS) is 10.8. The fraction of sp³-hybridized carbons (Fsp3) is 0.143. The standard InChI is InChI=1S/C21H18FN5O2S/c1-3-18-24-25-21(30-18)23-20(28)17-12-27(15-9-7-14(22)8-10-15)26-19(17)13-5-4-6-16(11-13)29-2/h4-12H,3H2,1-2H3,(H,23,25,28). The number of rotatable bonds is 6. The minimum absolute atomic E-state index is 0.347. The molecular weight excluding hydrogens is 405 g/mol. The molecule has 0 aliphatic carbocycles. The fourth-order valence-corrected chi connectivity index (χ4v) is 3.54. The number of carbonyl (C=O) groups excluding carboxylic acids is 1. The molecule has 0 atom stereocenters. The summed E-state index contributed by atoms with van der Waals surface area (Å²) in [5, 5.41) is 16.7. The lowest BCUT2D eigenvalue weighted by molar-refractivity contribution is 0.102. The van der Waals surface area contributed by atoms with Gasteiger partial charge in [-0.1, -0.05) is 30.4 Å². The zero-order chi connectivity index (χ0) is 21.1. The van der Waals surface area contributed by atoms with Crippen LogP contribution in [0.5, 0.6) is 5.75 Å². The number of ether oxygens (including phenoxy) is 1. The SMILES string of the molecule is CCc1nnc(NC(=O)c2cn(-c3ccc(F)cc3)nc2-c2cccc(OC)c2)s1. The summed E-state index contributed by atoms with van der Waals surface area (Å²) in [5.74, 6) is -0.0632. The quantitative estimate of drug-likeness (QED) is 0.499. The van der Waals surface area contributed by atoms with Gasteiger partial charge in [-0.3, -0.25) is 10.1 Å². The first-order valence-corrected chi connectivity index (χ1v) is 10.0. The topological polar surface area (TPSA) is 81.9 Å². The minimum atomic E-state index is -0.361. The van der Waals surface area contributed by atoms with Crippen LogP contribution in [0.25, 0.3) is 16.9 Å². The predicted octanol–water partition coefficient (Wildman–Crippen LogP) is 4.35. The lowest BCUT2D eigenvalue weighted by Gasteiger charge is -2.05. The van der Waals surface area contributed by atoms with Gasteiger partial charge in [-0.2, -0.15) is 5.10 Å². The van der Waals surface area contributed by atoms with Crippen LogP contribution in [0.1, 0.15) is 22.3 Å². The van der Waals surface area contributed by atoms with Gasteiger partial charge in [0, 0.05) is 11.8 Å². The molecule has 0 radical (unpaired) electrons. The van der Waals surface area contributed by atoms with Crippen molar-refractivity contribution in [2.45, 2.75) is 13.3 Å². The molecule has 0 unspecified atom stereocenters. The van der Waals surface area contributed by atoms with E-state index < -0.39 is 0 Å². The Morgan fingerprint density at radius 2 is 2.00 bits per heavy atom. The van der Waals surface area contributed by atoms with Crippen LogP contribution in [0.4, 0.5) is 9.52 Å². The highest BCUT2D eigenvalue weighted by Crippen LogP contribution is 2.28. The molecule has 2 aromatic carbocycles. The van der Waals surface area contributed by atoms with E-state index >= 15 is 0 Å². The average molecular weight is 423 g/mol. The summed E-state index contributed by atoms with van der Waals surface area (Å²) in [6.07, 6.45) is 2.35. The first-order valence-electron chi connectivity index (χ1n) is 9.21. The maximum Gasteiger partial charge on any atom is 0.261 e. The van der Waals surface area contributed by atoms with Crippen molar-refractivity contribution in [1.29, 1.82) is 0 Å². The second-order valence-electron chi connectivity index (χ2n) is 6.35. The van der Waals surface area contributed by atoms with Crippen LogP contribution < -0.4 is 10.1 Å². The zero-order valence-corrected chi connectivity index (χ0v) is 17.1. The van der Waals surface area contributed by atoms with E-state index in [9.17, 15) is 9.18 Å². The molecule has 0 saturated heterocycles. The summed E-state index contributed by atoms with van der Waals surface area (Å²) in [7, 11) is 1.57. The van der Waals surface area contributed by atoms with E-state index in [-0.39, 0.29) is 11.7 Å². The molecule has 2 heterocycles. The molecule has 2 aromatic heterocycles. The Hall–Kier alpha value is -3.59. The number of halogens is 1. The Morgan fingerprint density at radius 1 is 1.20 bits per heavy atom. The molecule has 0 saturated carbocycles. The van der Waals surface area contributed by atoms with Gasteiger partial charge in [-0.25, -0.2) is 9.07 Å². The van der Waals surface area contributed by atoms with Crippen LogP contribution in [0, 0.1) is 5.82 Å². The maximum atomic E-state index is 13.3. The molecule has 152 valence electrons. The van der Waals surface area contributed by atoms with Crippen LogP contribution >= 0.6 is 11.3 Å². The van der Waals surface area contributed by atoms with Crippen molar-refractivity contribution in [3.63, 3.8) is 0 Å². The summed E-state index contributed by atoms with van der Waals surface area (Å²) in [6, 6.07) is 13.2. The largest absolute Gasteiger partial charge is 0.497 e. The molecule has 0 aliphatic rings. The number of nitrogens with zero attached hydrogens (tertiary/aromatic N) is 4. The van der Waals surface area contributed by atoms with Crippen LogP contribution in [-0.2, 0) is 6.42 Å². The number of hydrogen-bond donors (Lipinski definition) is 1. The van der Waals surface area contributed by atoms with Gasteiger partial charge in [0.05, 0.1) is 18.4 Å². The van der Waals surface area contributed by atoms with Crippen molar-refractivity contribution >= 4 is 22.4 Å². The number of benzene rings is 2. The van der Waals surface area contributed by atoms with E-state index in [1.807, 2.05) is 25.1 Å². The molecule has 1 amide bonds. The second-order valence-corrected chi connectivity index (χ2v) is 7.42. The molecule has 30 heavy (non-hydrogen) atoms.